The minimum absolute atomic E-state index is 0.171. The lowest BCUT2D eigenvalue weighted by atomic mass is 9.94. The Bertz CT molecular complexity index is 1990. The monoisotopic (exact) mass is 563 g/mol. The quantitative estimate of drug-likeness (QED) is 0.211. The maximum Gasteiger partial charge on any atom is 0.264 e. The Balaban J connectivity index is 1.62. The van der Waals surface area contributed by atoms with Crippen LogP contribution in [0.4, 0.5) is 5.69 Å². The first-order chi connectivity index (χ1) is 19.8. The van der Waals surface area contributed by atoms with Crippen molar-refractivity contribution >= 4 is 37.4 Å². The van der Waals surface area contributed by atoms with E-state index in [4.69, 9.17) is 14.6 Å². The Labute approximate surface area is 239 Å². The highest BCUT2D eigenvalue weighted by atomic mass is 32.2. The van der Waals surface area contributed by atoms with Crippen LogP contribution in [0.1, 0.15) is 0 Å². The number of hydrogen-bond acceptors (Lipinski definition) is 5. The van der Waals surface area contributed by atoms with Crippen LogP contribution in [-0.4, -0.2) is 39.5 Å². The lowest BCUT2D eigenvalue weighted by molar-refractivity contribution is 0.414. The summed E-state index contributed by atoms with van der Waals surface area (Å²) in [5.74, 6) is 1.34. The van der Waals surface area contributed by atoms with Crippen LogP contribution in [0.3, 0.4) is 0 Å². The second kappa shape index (κ2) is 10.3. The third kappa shape index (κ3) is 4.46. The van der Waals surface area contributed by atoms with Crippen molar-refractivity contribution in [3.63, 3.8) is 0 Å². The molecule has 0 radical (unpaired) electrons. The summed E-state index contributed by atoms with van der Waals surface area (Å²) in [6, 6.07) is 32.4. The Hall–Kier alpha value is -4.82. The van der Waals surface area contributed by atoms with Crippen molar-refractivity contribution in [1.82, 2.24) is 9.78 Å². The van der Waals surface area contributed by atoms with Gasteiger partial charge in [-0.1, -0.05) is 60.7 Å². The zero-order valence-corrected chi connectivity index (χ0v) is 24.0. The van der Waals surface area contributed by atoms with Crippen LogP contribution in [0.2, 0.25) is 0 Å². The largest absolute Gasteiger partial charge is 0.497 e. The van der Waals surface area contributed by atoms with Gasteiger partial charge in [0.1, 0.15) is 17.2 Å². The lowest BCUT2D eigenvalue weighted by Gasteiger charge is -2.22. The molecular formula is C33H29N3O4S. The normalized spacial score (nSPS) is 11.6. The van der Waals surface area contributed by atoms with Crippen LogP contribution in [0.25, 0.3) is 44.1 Å². The first-order valence-electron chi connectivity index (χ1n) is 13.1. The average Bonchev–Trinajstić information content (AvgIpc) is 3.37. The highest BCUT2D eigenvalue weighted by Crippen LogP contribution is 2.43. The zero-order chi connectivity index (χ0) is 28.7. The smallest absolute Gasteiger partial charge is 0.264 e. The van der Waals surface area contributed by atoms with E-state index in [0.29, 0.717) is 17.0 Å². The first-order valence-corrected chi connectivity index (χ1v) is 14.5. The van der Waals surface area contributed by atoms with E-state index in [1.807, 2.05) is 61.6 Å². The standard InChI is InChI=1S/C33H29N3O4S/c1-35-33-30(36(2)41(37,38)26-18-16-25(40-4)17-19-26)21-20-28(23-12-14-24(39-3)15-13-23)31(33)32(34-35)29-11-7-9-22-8-5-6-10-27(22)29/h5-21H,1-4H3. The van der Waals surface area contributed by atoms with E-state index in [0.717, 1.165) is 44.3 Å². The summed E-state index contributed by atoms with van der Waals surface area (Å²) in [5.41, 5.74) is 4.90. The summed E-state index contributed by atoms with van der Waals surface area (Å²) >= 11 is 0. The minimum atomic E-state index is -3.88. The number of sulfonamides is 1. The predicted molar refractivity (Wildman–Crippen MR) is 164 cm³/mol. The van der Waals surface area contributed by atoms with E-state index < -0.39 is 10.0 Å². The predicted octanol–water partition coefficient (Wildman–Crippen LogP) is 6.90. The molecule has 41 heavy (non-hydrogen) atoms. The van der Waals surface area contributed by atoms with Crippen LogP contribution in [-0.2, 0) is 17.1 Å². The molecule has 1 aromatic heterocycles. The molecule has 206 valence electrons. The van der Waals surface area contributed by atoms with Crippen molar-refractivity contribution in [2.24, 2.45) is 7.05 Å². The topological polar surface area (TPSA) is 73.7 Å². The molecule has 0 fully saturated rings. The molecule has 0 saturated heterocycles. The van der Waals surface area contributed by atoms with Gasteiger partial charge in [-0.05, 0) is 64.4 Å². The molecule has 0 bridgehead atoms. The van der Waals surface area contributed by atoms with Crippen LogP contribution >= 0.6 is 0 Å². The molecule has 8 heteroatoms. The molecule has 0 atom stereocenters. The number of ether oxygens (including phenoxy) is 2. The number of anilines is 1. The van der Waals surface area contributed by atoms with E-state index in [2.05, 4.69) is 24.3 Å². The molecule has 0 amide bonds. The maximum atomic E-state index is 13.8. The maximum absolute atomic E-state index is 13.8. The molecule has 0 aliphatic rings. The van der Waals surface area contributed by atoms with Crippen LogP contribution in [0.5, 0.6) is 11.5 Å². The van der Waals surface area contributed by atoms with Gasteiger partial charge in [-0.2, -0.15) is 5.10 Å². The summed E-state index contributed by atoms with van der Waals surface area (Å²) < 4.78 is 41.3. The minimum Gasteiger partial charge on any atom is -0.497 e. The molecule has 0 spiro atoms. The van der Waals surface area contributed by atoms with E-state index >= 15 is 0 Å². The van der Waals surface area contributed by atoms with Crippen molar-refractivity contribution in [2.75, 3.05) is 25.6 Å². The molecule has 0 unspecified atom stereocenters. The van der Waals surface area contributed by atoms with Gasteiger partial charge < -0.3 is 9.47 Å². The Morgan fingerprint density at radius 3 is 2.05 bits per heavy atom. The number of nitrogens with zero attached hydrogens (tertiary/aromatic N) is 3. The Morgan fingerprint density at radius 1 is 0.732 bits per heavy atom. The van der Waals surface area contributed by atoms with Crippen LogP contribution < -0.4 is 13.8 Å². The zero-order valence-electron chi connectivity index (χ0n) is 23.2. The van der Waals surface area contributed by atoms with Gasteiger partial charge in [-0.15, -0.1) is 0 Å². The van der Waals surface area contributed by atoms with E-state index in [1.165, 1.54) is 4.31 Å². The van der Waals surface area contributed by atoms with Gasteiger partial charge in [0.05, 0.1) is 30.3 Å². The number of hydrogen-bond donors (Lipinski definition) is 0. The third-order valence-electron chi connectivity index (χ3n) is 7.47. The number of benzene rings is 5. The first kappa shape index (κ1) is 26.4. The summed E-state index contributed by atoms with van der Waals surface area (Å²) in [6.07, 6.45) is 0. The summed E-state index contributed by atoms with van der Waals surface area (Å²) in [5, 5.41) is 8.04. The van der Waals surface area contributed by atoms with Crippen molar-refractivity contribution in [1.29, 1.82) is 0 Å². The Morgan fingerprint density at radius 2 is 1.37 bits per heavy atom. The summed E-state index contributed by atoms with van der Waals surface area (Å²) in [7, 11) is 2.74. The average molecular weight is 564 g/mol. The number of rotatable bonds is 7. The van der Waals surface area contributed by atoms with Gasteiger partial charge in [0.25, 0.3) is 10.0 Å². The second-order valence-corrected chi connectivity index (χ2v) is 11.7. The van der Waals surface area contributed by atoms with Crippen molar-refractivity contribution in [3.8, 4) is 33.9 Å². The number of aryl methyl sites for hydroxylation is 1. The van der Waals surface area contributed by atoms with Crippen molar-refractivity contribution in [2.45, 2.75) is 4.90 Å². The fraction of sp³-hybridized carbons (Fsp3) is 0.121. The van der Waals surface area contributed by atoms with Gasteiger partial charge in [0.2, 0.25) is 0 Å². The highest BCUT2D eigenvalue weighted by molar-refractivity contribution is 7.92. The van der Waals surface area contributed by atoms with Crippen LogP contribution in [0.15, 0.2) is 108 Å². The molecule has 0 saturated carbocycles. The fourth-order valence-corrected chi connectivity index (χ4v) is 6.52. The Kier molecular flexibility index (Phi) is 6.63. The van der Waals surface area contributed by atoms with Crippen LogP contribution in [0, 0.1) is 0 Å². The fourth-order valence-electron chi connectivity index (χ4n) is 5.32. The van der Waals surface area contributed by atoms with Gasteiger partial charge in [0, 0.05) is 25.0 Å². The van der Waals surface area contributed by atoms with E-state index in [1.54, 1.807) is 50.2 Å². The molecule has 1 heterocycles. The summed E-state index contributed by atoms with van der Waals surface area (Å²) in [4.78, 5) is 0.171. The second-order valence-electron chi connectivity index (χ2n) is 9.73. The number of fused-ring (bicyclic) bond motifs is 2. The molecule has 7 nitrogen and oxygen atoms in total. The highest BCUT2D eigenvalue weighted by Gasteiger charge is 2.27. The molecule has 0 N–H and O–H groups in total. The molecule has 0 aliphatic carbocycles. The lowest BCUT2D eigenvalue weighted by Crippen LogP contribution is -2.27. The third-order valence-corrected chi connectivity index (χ3v) is 9.26. The molecule has 5 aromatic carbocycles. The number of methoxy groups -OCH3 is 2. The molecular weight excluding hydrogens is 534 g/mol. The molecule has 0 aliphatic heterocycles. The SMILES string of the molecule is COc1ccc(-c2ccc(N(C)S(=O)(=O)c3ccc(OC)cc3)c3c2c(-c2cccc4ccccc24)nn3C)cc1. The summed E-state index contributed by atoms with van der Waals surface area (Å²) in [6.45, 7) is 0. The van der Waals surface area contributed by atoms with Crippen molar-refractivity contribution < 1.29 is 17.9 Å². The van der Waals surface area contributed by atoms with E-state index in [9.17, 15) is 8.42 Å². The van der Waals surface area contributed by atoms with Gasteiger partial charge in [-0.3, -0.25) is 8.99 Å². The van der Waals surface area contributed by atoms with Crippen molar-refractivity contribution in [3.05, 3.63) is 103 Å². The number of aromatic nitrogens is 2. The van der Waals surface area contributed by atoms with Gasteiger partial charge >= 0.3 is 0 Å². The van der Waals surface area contributed by atoms with E-state index in [-0.39, 0.29) is 4.90 Å². The van der Waals surface area contributed by atoms with Gasteiger partial charge in [-0.25, -0.2) is 8.42 Å². The molecule has 6 aromatic rings. The molecule has 6 rings (SSSR count). The van der Waals surface area contributed by atoms with Gasteiger partial charge in [0.15, 0.2) is 0 Å².